The minimum atomic E-state index is -0.265. The fraction of sp³-hybridized carbons (Fsp3) is 0.143. The first-order valence-corrected chi connectivity index (χ1v) is 8.57. The van der Waals surface area contributed by atoms with Gasteiger partial charge in [-0.1, -0.05) is 36.4 Å². The van der Waals surface area contributed by atoms with Crippen LogP contribution in [-0.2, 0) is 0 Å². The second kappa shape index (κ2) is 8.11. The van der Waals surface area contributed by atoms with E-state index in [0.29, 0.717) is 22.9 Å². The molecule has 0 aliphatic carbocycles. The summed E-state index contributed by atoms with van der Waals surface area (Å²) in [5.41, 5.74) is 2.33. The zero-order valence-corrected chi connectivity index (χ0v) is 15.1. The summed E-state index contributed by atoms with van der Waals surface area (Å²) in [4.78, 5) is 21.4. The van der Waals surface area contributed by atoms with Crippen molar-refractivity contribution in [3.8, 4) is 17.5 Å². The van der Waals surface area contributed by atoms with Crippen molar-refractivity contribution in [1.29, 1.82) is 5.26 Å². The van der Waals surface area contributed by atoms with Crippen LogP contribution in [0.4, 0.5) is 11.5 Å². The molecular weight excluding hydrogens is 338 g/mol. The molecule has 0 radical (unpaired) electrons. The van der Waals surface area contributed by atoms with E-state index in [1.54, 1.807) is 24.3 Å². The van der Waals surface area contributed by atoms with Crippen molar-refractivity contribution >= 4 is 17.4 Å². The lowest BCUT2D eigenvalue weighted by Crippen LogP contribution is -2.31. The SMILES string of the molecule is CC(C)NC(=O)c1cc(Nc2cccc(C#N)c2)nc(-c2ccccc2)n1. The van der Waals surface area contributed by atoms with Gasteiger partial charge in [0.05, 0.1) is 11.6 Å². The number of nitrogens with zero attached hydrogens (tertiary/aromatic N) is 3. The third kappa shape index (κ3) is 4.67. The molecule has 0 saturated heterocycles. The Labute approximate surface area is 157 Å². The summed E-state index contributed by atoms with van der Waals surface area (Å²) in [6.45, 7) is 3.79. The Morgan fingerprint density at radius 3 is 2.52 bits per heavy atom. The molecular formula is C21H19N5O. The fourth-order valence-corrected chi connectivity index (χ4v) is 2.49. The molecule has 1 aromatic heterocycles. The van der Waals surface area contributed by atoms with Gasteiger partial charge in [0.1, 0.15) is 11.5 Å². The first-order valence-electron chi connectivity index (χ1n) is 8.57. The van der Waals surface area contributed by atoms with Gasteiger partial charge in [-0.05, 0) is 32.0 Å². The van der Waals surface area contributed by atoms with Gasteiger partial charge in [-0.15, -0.1) is 0 Å². The molecule has 0 spiro atoms. The number of carbonyl (C=O) groups is 1. The molecule has 6 heteroatoms. The smallest absolute Gasteiger partial charge is 0.270 e. The molecule has 0 fully saturated rings. The summed E-state index contributed by atoms with van der Waals surface area (Å²) in [5.74, 6) is 0.664. The molecule has 0 aliphatic heterocycles. The molecule has 0 atom stereocenters. The zero-order valence-electron chi connectivity index (χ0n) is 15.1. The Hall–Kier alpha value is -3.72. The minimum absolute atomic E-state index is 0.00337. The summed E-state index contributed by atoms with van der Waals surface area (Å²) in [6.07, 6.45) is 0. The summed E-state index contributed by atoms with van der Waals surface area (Å²) in [7, 11) is 0. The van der Waals surface area contributed by atoms with Gasteiger partial charge in [0, 0.05) is 23.4 Å². The van der Waals surface area contributed by atoms with Crippen LogP contribution in [0.15, 0.2) is 60.7 Å². The van der Waals surface area contributed by atoms with Gasteiger partial charge in [-0.25, -0.2) is 9.97 Å². The van der Waals surface area contributed by atoms with Crippen LogP contribution >= 0.6 is 0 Å². The predicted octanol–water partition coefficient (Wildman–Crippen LogP) is 3.90. The summed E-state index contributed by atoms with van der Waals surface area (Å²) >= 11 is 0. The Kier molecular flexibility index (Phi) is 5.43. The van der Waals surface area contributed by atoms with Gasteiger partial charge >= 0.3 is 0 Å². The highest BCUT2D eigenvalue weighted by Crippen LogP contribution is 2.21. The average molecular weight is 357 g/mol. The zero-order chi connectivity index (χ0) is 19.2. The van der Waals surface area contributed by atoms with Crippen LogP contribution in [0.1, 0.15) is 29.9 Å². The lowest BCUT2D eigenvalue weighted by atomic mass is 10.2. The topological polar surface area (TPSA) is 90.7 Å². The molecule has 0 unspecified atom stereocenters. The largest absolute Gasteiger partial charge is 0.349 e. The van der Waals surface area contributed by atoms with E-state index >= 15 is 0 Å². The molecule has 6 nitrogen and oxygen atoms in total. The molecule has 134 valence electrons. The summed E-state index contributed by atoms with van der Waals surface area (Å²) < 4.78 is 0. The number of nitrogens with one attached hydrogen (secondary N) is 2. The number of aromatic nitrogens is 2. The van der Waals surface area contributed by atoms with Crippen molar-refractivity contribution in [2.24, 2.45) is 0 Å². The summed E-state index contributed by atoms with van der Waals surface area (Å²) in [5, 5.41) is 15.1. The fourth-order valence-electron chi connectivity index (χ4n) is 2.49. The number of rotatable bonds is 5. The lowest BCUT2D eigenvalue weighted by molar-refractivity contribution is 0.0938. The molecule has 2 aromatic carbocycles. The normalized spacial score (nSPS) is 10.3. The molecule has 0 aliphatic rings. The third-order valence-electron chi connectivity index (χ3n) is 3.67. The Balaban J connectivity index is 2.01. The van der Waals surface area contributed by atoms with E-state index in [0.717, 1.165) is 5.56 Å². The highest BCUT2D eigenvalue weighted by Gasteiger charge is 2.14. The van der Waals surface area contributed by atoms with Gasteiger partial charge < -0.3 is 10.6 Å². The minimum Gasteiger partial charge on any atom is -0.349 e. The van der Waals surface area contributed by atoms with E-state index < -0.39 is 0 Å². The predicted molar refractivity (Wildman–Crippen MR) is 105 cm³/mol. The van der Waals surface area contributed by atoms with E-state index in [-0.39, 0.29) is 17.6 Å². The van der Waals surface area contributed by atoms with Crippen molar-refractivity contribution in [3.63, 3.8) is 0 Å². The van der Waals surface area contributed by atoms with Crippen LogP contribution in [-0.4, -0.2) is 21.9 Å². The van der Waals surface area contributed by atoms with Crippen LogP contribution in [0.2, 0.25) is 0 Å². The Morgan fingerprint density at radius 1 is 1.04 bits per heavy atom. The number of benzene rings is 2. The molecule has 3 aromatic rings. The van der Waals surface area contributed by atoms with E-state index in [2.05, 4.69) is 26.7 Å². The van der Waals surface area contributed by atoms with Crippen molar-refractivity contribution in [2.75, 3.05) is 5.32 Å². The van der Waals surface area contributed by atoms with Gasteiger partial charge in [0.25, 0.3) is 5.91 Å². The summed E-state index contributed by atoms with van der Waals surface area (Å²) in [6, 6.07) is 20.2. The maximum Gasteiger partial charge on any atom is 0.270 e. The quantitative estimate of drug-likeness (QED) is 0.723. The van der Waals surface area contributed by atoms with Crippen molar-refractivity contribution < 1.29 is 4.79 Å². The second-order valence-electron chi connectivity index (χ2n) is 6.27. The standard InChI is InChI=1S/C21H19N5O/c1-14(2)23-21(27)18-12-19(24-17-10-6-7-15(11-17)13-22)26-20(25-18)16-8-4-3-5-9-16/h3-12,14H,1-2H3,(H,23,27)(H,24,25,26). The molecule has 0 bridgehead atoms. The highest BCUT2D eigenvalue weighted by molar-refractivity contribution is 5.93. The number of amides is 1. The van der Waals surface area contributed by atoms with Gasteiger partial charge in [-0.3, -0.25) is 4.79 Å². The average Bonchev–Trinajstić information content (AvgIpc) is 2.68. The Bertz CT molecular complexity index is 993. The van der Waals surface area contributed by atoms with Gasteiger partial charge in [0.2, 0.25) is 0 Å². The van der Waals surface area contributed by atoms with Gasteiger partial charge in [0.15, 0.2) is 5.82 Å². The number of carbonyl (C=O) groups excluding carboxylic acids is 1. The van der Waals surface area contributed by atoms with E-state index in [1.165, 1.54) is 0 Å². The third-order valence-corrected chi connectivity index (χ3v) is 3.67. The van der Waals surface area contributed by atoms with Crippen molar-refractivity contribution in [2.45, 2.75) is 19.9 Å². The molecule has 2 N–H and O–H groups in total. The van der Waals surface area contributed by atoms with E-state index in [9.17, 15) is 4.79 Å². The molecule has 0 saturated carbocycles. The number of nitriles is 1. The first-order chi connectivity index (χ1) is 13.0. The maximum absolute atomic E-state index is 12.5. The highest BCUT2D eigenvalue weighted by atomic mass is 16.1. The molecule has 27 heavy (non-hydrogen) atoms. The maximum atomic E-state index is 12.5. The number of hydrogen-bond acceptors (Lipinski definition) is 5. The molecule has 1 heterocycles. The number of anilines is 2. The number of hydrogen-bond donors (Lipinski definition) is 2. The van der Waals surface area contributed by atoms with Crippen LogP contribution in [0.5, 0.6) is 0 Å². The van der Waals surface area contributed by atoms with Crippen LogP contribution < -0.4 is 10.6 Å². The van der Waals surface area contributed by atoms with Crippen LogP contribution in [0, 0.1) is 11.3 Å². The van der Waals surface area contributed by atoms with Crippen LogP contribution in [0.3, 0.4) is 0 Å². The first kappa shape index (κ1) is 18.1. The molecule has 1 amide bonds. The van der Waals surface area contributed by atoms with Gasteiger partial charge in [-0.2, -0.15) is 5.26 Å². The molecule has 3 rings (SSSR count). The van der Waals surface area contributed by atoms with Crippen LogP contribution in [0.25, 0.3) is 11.4 Å². The van der Waals surface area contributed by atoms with Crippen molar-refractivity contribution in [3.05, 3.63) is 71.9 Å². The monoisotopic (exact) mass is 357 g/mol. The Morgan fingerprint density at radius 2 is 1.81 bits per heavy atom. The van der Waals surface area contributed by atoms with Crippen molar-refractivity contribution in [1.82, 2.24) is 15.3 Å². The van der Waals surface area contributed by atoms with E-state index in [1.807, 2.05) is 50.2 Å². The lowest BCUT2D eigenvalue weighted by Gasteiger charge is -2.12. The van der Waals surface area contributed by atoms with E-state index in [4.69, 9.17) is 5.26 Å². The second-order valence-corrected chi connectivity index (χ2v) is 6.27.